The van der Waals surface area contributed by atoms with Gasteiger partial charge in [-0.05, 0) is 45.0 Å². The van der Waals surface area contributed by atoms with Gasteiger partial charge in [0.15, 0.2) is 0 Å². The molecule has 0 radical (unpaired) electrons. The molecule has 0 aliphatic carbocycles. The van der Waals surface area contributed by atoms with E-state index in [4.69, 9.17) is 5.14 Å². The van der Waals surface area contributed by atoms with Crippen LogP contribution in [-0.4, -0.2) is 26.4 Å². The van der Waals surface area contributed by atoms with E-state index in [1.165, 1.54) is 12.1 Å². The van der Waals surface area contributed by atoms with Crippen LogP contribution in [0.2, 0.25) is 0 Å². The molecule has 1 amide bonds. The zero-order valence-corrected chi connectivity index (χ0v) is 13.6. The van der Waals surface area contributed by atoms with E-state index in [9.17, 15) is 13.2 Å². The van der Waals surface area contributed by atoms with Crippen LogP contribution < -0.4 is 15.8 Å². The Hall–Kier alpha value is -1.44. The maximum atomic E-state index is 12.2. The van der Waals surface area contributed by atoms with Crippen molar-refractivity contribution in [2.45, 2.75) is 44.2 Å². The number of amides is 1. The second-order valence-electron chi connectivity index (χ2n) is 5.46. The van der Waals surface area contributed by atoms with Crippen molar-refractivity contribution in [3.63, 3.8) is 0 Å². The molecule has 0 aliphatic heterocycles. The van der Waals surface area contributed by atoms with Crippen LogP contribution >= 0.6 is 0 Å². The topological polar surface area (TPSA) is 101 Å². The predicted molar refractivity (Wildman–Crippen MR) is 82.1 cm³/mol. The third kappa shape index (κ3) is 4.80. The standard InChI is InChI=1S/C14H23N3O3S/c1-5-16-14(3,4)13(18)17-10(2)11-6-8-12(9-7-11)21(15,19)20/h6-10,16H,5H2,1-4H3,(H,17,18)(H2,15,19,20). The molecule has 4 N–H and O–H groups in total. The maximum absolute atomic E-state index is 12.2. The highest BCUT2D eigenvalue weighted by Gasteiger charge is 2.27. The number of sulfonamides is 1. The number of hydrogen-bond donors (Lipinski definition) is 3. The second-order valence-corrected chi connectivity index (χ2v) is 7.03. The van der Waals surface area contributed by atoms with Crippen LogP contribution in [0.4, 0.5) is 0 Å². The maximum Gasteiger partial charge on any atom is 0.240 e. The highest BCUT2D eigenvalue weighted by molar-refractivity contribution is 7.89. The summed E-state index contributed by atoms with van der Waals surface area (Å²) in [5.74, 6) is -0.118. The smallest absolute Gasteiger partial charge is 0.240 e. The average Bonchev–Trinajstić information content (AvgIpc) is 2.37. The van der Waals surface area contributed by atoms with Crippen LogP contribution in [0.3, 0.4) is 0 Å². The molecule has 0 aliphatic rings. The molecule has 21 heavy (non-hydrogen) atoms. The van der Waals surface area contributed by atoms with E-state index in [1.807, 2.05) is 27.7 Å². The van der Waals surface area contributed by atoms with Crippen LogP contribution in [0.25, 0.3) is 0 Å². The van der Waals surface area contributed by atoms with Gasteiger partial charge in [0.25, 0.3) is 0 Å². The molecule has 1 unspecified atom stereocenters. The minimum Gasteiger partial charge on any atom is -0.348 e. The van der Waals surface area contributed by atoms with Gasteiger partial charge in [0.2, 0.25) is 15.9 Å². The Bertz CT molecular complexity index is 594. The first-order valence-electron chi connectivity index (χ1n) is 6.76. The number of primary sulfonamides is 1. The highest BCUT2D eigenvalue weighted by Crippen LogP contribution is 2.16. The van der Waals surface area contributed by atoms with Crippen LogP contribution in [0.15, 0.2) is 29.2 Å². The molecule has 0 bridgehead atoms. The lowest BCUT2D eigenvalue weighted by molar-refractivity contribution is -0.127. The van der Waals surface area contributed by atoms with Crippen molar-refractivity contribution >= 4 is 15.9 Å². The van der Waals surface area contributed by atoms with Gasteiger partial charge in [-0.2, -0.15) is 0 Å². The van der Waals surface area contributed by atoms with Gasteiger partial charge in [-0.15, -0.1) is 0 Å². The lowest BCUT2D eigenvalue weighted by atomic mass is 10.0. The number of carbonyl (C=O) groups excluding carboxylic acids is 1. The molecule has 7 heteroatoms. The summed E-state index contributed by atoms with van der Waals surface area (Å²) in [7, 11) is -3.70. The first-order valence-corrected chi connectivity index (χ1v) is 8.31. The van der Waals surface area contributed by atoms with E-state index in [1.54, 1.807) is 12.1 Å². The molecule has 1 aromatic rings. The van der Waals surface area contributed by atoms with Crippen LogP contribution in [0.1, 0.15) is 39.3 Å². The Labute approximate surface area is 126 Å². The Morgan fingerprint density at radius 2 is 1.81 bits per heavy atom. The Morgan fingerprint density at radius 3 is 2.24 bits per heavy atom. The van der Waals surface area contributed by atoms with Gasteiger partial charge in [0.1, 0.15) is 0 Å². The predicted octanol–water partition coefficient (Wildman–Crippen LogP) is 0.899. The Morgan fingerprint density at radius 1 is 1.29 bits per heavy atom. The van der Waals surface area contributed by atoms with E-state index in [0.717, 1.165) is 5.56 Å². The van der Waals surface area contributed by atoms with Crippen molar-refractivity contribution in [1.82, 2.24) is 10.6 Å². The molecule has 6 nitrogen and oxygen atoms in total. The summed E-state index contributed by atoms with van der Waals surface area (Å²) in [6.07, 6.45) is 0. The summed E-state index contributed by atoms with van der Waals surface area (Å²) in [5.41, 5.74) is 0.145. The SMILES string of the molecule is CCNC(C)(C)C(=O)NC(C)c1ccc(S(N)(=O)=O)cc1. The summed E-state index contributed by atoms with van der Waals surface area (Å²) in [4.78, 5) is 12.2. The van der Waals surface area contributed by atoms with Gasteiger partial charge in [0, 0.05) is 0 Å². The first-order chi connectivity index (χ1) is 9.58. The van der Waals surface area contributed by atoms with E-state index >= 15 is 0 Å². The van der Waals surface area contributed by atoms with Crippen molar-refractivity contribution in [3.8, 4) is 0 Å². The number of carbonyl (C=O) groups is 1. The van der Waals surface area contributed by atoms with Gasteiger partial charge in [-0.1, -0.05) is 19.1 Å². The number of benzene rings is 1. The van der Waals surface area contributed by atoms with Gasteiger partial charge >= 0.3 is 0 Å². The lowest BCUT2D eigenvalue weighted by Crippen LogP contribution is -2.52. The third-order valence-corrected chi connectivity index (χ3v) is 4.17. The summed E-state index contributed by atoms with van der Waals surface area (Å²) in [5, 5.41) is 11.0. The Kier molecular flexibility index (Phi) is 5.49. The number of nitrogens with two attached hydrogens (primary N) is 1. The van der Waals surface area contributed by atoms with E-state index in [2.05, 4.69) is 10.6 Å². The van der Waals surface area contributed by atoms with Gasteiger partial charge < -0.3 is 10.6 Å². The summed E-state index contributed by atoms with van der Waals surface area (Å²) >= 11 is 0. The summed E-state index contributed by atoms with van der Waals surface area (Å²) in [6, 6.07) is 5.92. The normalized spacial score (nSPS) is 13.8. The van der Waals surface area contributed by atoms with Crippen LogP contribution in [0.5, 0.6) is 0 Å². The van der Waals surface area contributed by atoms with Gasteiger partial charge in [0.05, 0.1) is 16.5 Å². The summed E-state index contributed by atoms with van der Waals surface area (Å²) in [6.45, 7) is 8.08. The van der Waals surface area contributed by atoms with Crippen molar-refractivity contribution in [1.29, 1.82) is 0 Å². The molecule has 0 fully saturated rings. The van der Waals surface area contributed by atoms with Crippen molar-refractivity contribution < 1.29 is 13.2 Å². The highest BCUT2D eigenvalue weighted by atomic mass is 32.2. The third-order valence-electron chi connectivity index (χ3n) is 3.24. The number of rotatable bonds is 6. The molecule has 0 heterocycles. The second kappa shape index (κ2) is 6.55. The van der Waals surface area contributed by atoms with Crippen molar-refractivity contribution in [3.05, 3.63) is 29.8 Å². The van der Waals surface area contributed by atoms with Crippen LogP contribution in [-0.2, 0) is 14.8 Å². The molecule has 0 saturated carbocycles. The lowest BCUT2D eigenvalue weighted by Gasteiger charge is -2.27. The van der Waals surface area contributed by atoms with E-state index in [0.29, 0.717) is 6.54 Å². The quantitative estimate of drug-likeness (QED) is 0.726. The molecule has 0 aromatic heterocycles. The number of nitrogens with one attached hydrogen (secondary N) is 2. The number of likely N-dealkylation sites (N-methyl/N-ethyl adjacent to an activating group) is 1. The minimum absolute atomic E-state index is 0.0535. The summed E-state index contributed by atoms with van der Waals surface area (Å²) < 4.78 is 22.4. The fourth-order valence-corrected chi connectivity index (χ4v) is 2.44. The molecule has 1 atom stereocenters. The Balaban J connectivity index is 2.81. The zero-order chi connectivity index (χ0) is 16.3. The van der Waals surface area contributed by atoms with E-state index < -0.39 is 15.6 Å². The van der Waals surface area contributed by atoms with Gasteiger partial charge in [-0.3, -0.25) is 4.79 Å². The van der Waals surface area contributed by atoms with Crippen molar-refractivity contribution in [2.75, 3.05) is 6.54 Å². The molecule has 118 valence electrons. The minimum atomic E-state index is -3.70. The molecule has 0 spiro atoms. The van der Waals surface area contributed by atoms with Gasteiger partial charge in [-0.25, -0.2) is 13.6 Å². The molecule has 0 saturated heterocycles. The number of hydrogen-bond acceptors (Lipinski definition) is 4. The first kappa shape index (κ1) is 17.6. The monoisotopic (exact) mass is 313 g/mol. The molecular weight excluding hydrogens is 290 g/mol. The molecule has 1 aromatic carbocycles. The fraction of sp³-hybridized carbons (Fsp3) is 0.500. The van der Waals surface area contributed by atoms with Crippen LogP contribution in [0, 0.1) is 0 Å². The molecule has 1 rings (SSSR count). The average molecular weight is 313 g/mol. The van der Waals surface area contributed by atoms with Crippen molar-refractivity contribution in [2.24, 2.45) is 5.14 Å². The largest absolute Gasteiger partial charge is 0.348 e. The molecular formula is C14H23N3O3S. The fourth-order valence-electron chi connectivity index (χ4n) is 1.93. The van der Waals surface area contributed by atoms with E-state index in [-0.39, 0.29) is 16.8 Å². The zero-order valence-electron chi connectivity index (χ0n) is 12.8.